The minimum atomic E-state index is -0.239. The molecule has 2 heterocycles. The Hall–Kier alpha value is -2.96. The number of nitrogens with one attached hydrogen (secondary N) is 1. The van der Waals surface area contributed by atoms with Crippen molar-refractivity contribution in [3.63, 3.8) is 0 Å². The number of nitriles is 1. The van der Waals surface area contributed by atoms with Gasteiger partial charge in [0.15, 0.2) is 5.16 Å². The average molecular weight is 453 g/mol. The number of hydrogen-bond acceptors (Lipinski definition) is 6. The van der Waals surface area contributed by atoms with Gasteiger partial charge in [0.2, 0.25) is 0 Å². The molecule has 0 saturated heterocycles. The normalized spacial score (nSPS) is 10.9. The average Bonchev–Trinajstić information content (AvgIpc) is 3.13. The summed E-state index contributed by atoms with van der Waals surface area (Å²) in [4.78, 5) is 19.7. The summed E-state index contributed by atoms with van der Waals surface area (Å²) in [5.74, 6) is 0.627. The lowest BCUT2D eigenvalue weighted by atomic mass is 10.2. The zero-order valence-electron chi connectivity index (χ0n) is 14.5. The second-order valence-corrected chi connectivity index (χ2v) is 7.72. The van der Waals surface area contributed by atoms with Crippen LogP contribution in [-0.4, -0.2) is 25.0 Å². The molecule has 4 aromatic rings. The summed E-state index contributed by atoms with van der Waals surface area (Å²) in [5, 5.41) is 17.7. The van der Waals surface area contributed by atoms with E-state index in [0.29, 0.717) is 33.2 Å². The molecule has 0 bridgehead atoms. The molecule has 28 heavy (non-hydrogen) atoms. The van der Waals surface area contributed by atoms with Crippen LogP contribution < -0.4 is 5.56 Å². The number of hydrogen-bond donors (Lipinski definition) is 1. The van der Waals surface area contributed by atoms with Crippen molar-refractivity contribution in [3.05, 3.63) is 80.2 Å². The molecule has 9 heteroatoms. The van der Waals surface area contributed by atoms with Crippen LogP contribution in [-0.2, 0) is 12.3 Å². The van der Waals surface area contributed by atoms with Gasteiger partial charge in [0, 0.05) is 5.75 Å². The second-order valence-electron chi connectivity index (χ2n) is 5.96. The molecule has 2 aromatic carbocycles. The number of halogens is 1. The fourth-order valence-electron chi connectivity index (χ4n) is 2.66. The van der Waals surface area contributed by atoms with Crippen molar-refractivity contribution in [1.82, 2.24) is 25.0 Å². The molecule has 0 spiro atoms. The van der Waals surface area contributed by atoms with E-state index < -0.39 is 0 Å². The van der Waals surface area contributed by atoms with Gasteiger partial charge in [-0.25, -0.2) is 9.67 Å². The number of fused-ring (bicyclic) bond motifs is 1. The predicted molar refractivity (Wildman–Crippen MR) is 110 cm³/mol. The lowest BCUT2D eigenvalue weighted by Crippen LogP contribution is -2.16. The van der Waals surface area contributed by atoms with Crippen molar-refractivity contribution in [3.8, 4) is 6.07 Å². The maximum absolute atomic E-state index is 12.3. The van der Waals surface area contributed by atoms with Crippen molar-refractivity contribution >= 4 is 38.7 Å². The first-order chi connectivity index (χ1) is 13.6. The number of rotatable bonds is 5. The lowest BCUT2D eigenvalue weighted by Gasteiger charge is -2.07. The summed E-state index contributed by atoms with van der Waals surface area (Å²) in [5.41, 5.74) is 3.67. The molecule has 0 unspecified atom stereocenters. The monoisotopic (exact) mass is 452 g/mol. The molecule has 0 radical (unpaired) electrons. The first kappa shape index (κ1) is 18.4. The molecule has 2 aromatic heterocycles. The van der Waals surface area contributed by atoms with Crippen LogP contribution >= 0.6 is 27.7 Å². The van der Waals surface area contributed by atoms with E-state index in [0.717, 1.165) is 16.6 Å². The highest BCUT2D eigenvalue weighted by Gasteiger charge is 2.13. The SMILES string of the molecule is N#Cc1ccc(CSc2nc(Cn3nnc4ccccc43)c(Br)c(=O)[nH]2)cc1. The van der Waals surface area contributed by atoms with Crippen molar-refractivity contribution in [1.29, 1.82) is 5.26 Å². The third-order valence-corrected chi connectivity index (χ3v) is 5.85. The Bertz CT molecular complexity index is 1240. The van der Waals surface area contributed by atoms with E-state index in [1.54, 1.807) is 16.8 Å². The van der Waals surface area contributed by atoms with Crippen LogP contribution in [0.15, 0.2) is 63.0 Å². The Morgan fingerprint density at radius 3 is 2.75 bits per heavy atom. The van der Waals surface area contributed by atoms with Crippen molar-refractivity contribution < 1.29 is 0 Å². The van der Waals surface area contributed by atoms with Gasteiger partial charge in [-0.1, -0.05) is 41.2 Å². The van der Waals surface area contributed by atoms with Crippen LogP contribution in [0.2, 0.25) is 0 Å². The molecule has 0 aliphatic carbocycles. The lowest BCUT2D eigenvalue weighted by molar-refractivity contribution is 0.644. The number of nitrogens with zero attached hydrogens (tertiary/aromatic N) is 5. The van der Waals surface area contributed by atoms with Gasteiger partial charge in [-0.3, -0.25) is 4.79 Å². The Morgan fingerprint density at radius 1 is 1.18 bits per heavy atom. The van der Waals surface area contributed by atoms with E-state index >= 15 is 0 Å². The Labute approximate surface area is 172 Å². The highest BCUT2D eigenvalue weighted by Crippen LogP contribution is 2.21. The minimum Gasteiger partial charge on any atom is -0.300 e. The van der Waals surface area contributed by atoms with Gasteiger partial charge in [-0.05, 0) is 45.8 Å². The number of thioether (sulfide) groups is 1. The number of H-pyrrole nitrogens is 1. The molecular weight excluding hydrogens is 440 g/mol. The molecule has 7 nitrogen and oxygen atoms in total. The van der Waals surface area contributed by atoms with E-state index in [1.165, 1.54) is 11.8 Å². The van der Waals surface area contributed by atoms with Gasteiger partial charge in [-0.15, -0.1) is 5.10 Å². The standard InChI is InChI=1S/C19H13BrN6OS/c20-17-15(10-26-16-4-2-1-3-14(16)24-25-26)22-19(23-18(17)27)28-11-13-7-5-12(9-21)6-8-13/h1-8H,10-11H2,(H,22,23,27). The van der Waals surface area contributed by atoms with Crippen molar-refractivity contribution in [2.75, 3.05) is 0 Å². The summed E-state index contributed by atoms with van der Waals surface area (Å²) in [6.07, 6.45) is 0. The quantitative estimate of drug-likeness (QED) is 0.367. The Balaban J connectivity index is 1.57. The minimum absolute atomic E-state index is 0.239. The van der Waals surface area contributed by atoms with Crippen LogP contribution in [0.4, 0.5) is 0 Å². The van der Waals surface area contributed by atoms with Crippen molar-refractivity contribution in [2.45, 2.75) is 17.5 Å². The predicted octanol–water partition coefficient (Wildman–Crippen LogP) is 3.49. The van der Waals surface area contributed by atoms with Crippen LogP contribution in [0.5, 0.6) is 0 Å². The molecule has 0 atom stereocenters. The fourth-order valence-corrected chi connectivity index (χ4v) is 3.81. The molecule has 138 valence electrons. The summed E-state index contributed by atoms with van der Waals surface area (Å²) in [6.45, 7) is 0.329. The number of benzene rings is 2. The molecule has 0 aliphatic rings. The zero-order valence-corrected chi connectivity index (χ0v) is 16.9. The van der Waals surface area contributed by atoms with Gasteiger partial charge >= 0.3 is 0 Å². The van der Waals surface area contributed by atoms with E-state index in [-0.39, 0.29) is 5.56 Å². The molecule has 1 N–H and O–H groups in total. The van der Waals surface area contributed by atoms with Gasteiger partial charge < -0.3 is 4.98 Å². The van der Waals surface area contributed by atoms with Crippen LogP contribution in [0, 0.1) is 11.3 Å². The van der Waals surface area contributed by atoms with E-state index in [1.807, 2.05) is 36.4 Å². The zero-order chi connectivity index (χ0) is 19.5. The second kappa shape index (κ2) is 7.96. The summed E-state index contributed by atoms with van der Waals surface area (Å²) < 4.78 is 2.10. The van der Waals surface area contributed by atoms with E-state index in [4.69, 9.17) is 5.26 Å². The maximum Gasteiger partial charge on any atom is 0.266 e. The third kappa shape index (κ3) is 3.83. The summed E-state index contributed by atoms with van der Waals surface area (Å²) in [6, 6.07) is 17.1. The van der Waals surface area contributed by atoms with E-state index in [9.17, 15) is 4.79 Å². The maximum atomic E-state index is 12.3. The highest BCUT2D eigenvalue weighted by atomic mass is 79.9. The fraction of sp³-hybridized carbons (Fsp3) is 0.105. The topological polar surface area (TPSA) is 100 Å². The van der Waals surface area contributed by atoms with Gasteiger partial charge in [0.25, 0.3) is 5.56 Å². The van der Waals surface area contributed by atoms with Gasteiger partial charge in [0.05, 0.1) is 29.4 Å². The molecule has 0 amide bonds. The van der Waals surface area contributed by atoms with Gasteiger partial charge in [-0.2, -0.15) is 5.26 Å². The van der Waals surface area contributed by atoms with Crippen LogP contribution in [0.25, 0.3) is 11.0 Å². The molecule has 0 aliphatic heterocycles. The van der Waals surface area contributed by atoms with Gasteiger partial charge in [0.1, 0.15) is 9.99 Å². The summed E-state index contributed by atoms with van der Waals surface area (Å²) in [7, 11) is 0. The van der Waals surface area contributed by atoms with Crippen LogP contribution in [0.3, 0.4) is 0 Å². The molecule has 0 saturated carbocycles. The summed E-state index contributed by atoms with van der Waals surface area (Å²) >= 11 is 4.75. The first-order valence-corrected chi connectivity index (χ1v) is 10.1. The smallest absolute Gasteiger partial charge is 0.266 e. The highest BCUT2D eigenvalue weighted by molar-refractivity contribution is 9.10. The number of aromatic nitrogens is 5. The molecule has 4 rings (SSSR count). The molecular formula is C19H13BrN6OS. The Kier molecular flexibility index (Phi) is 5.23. The Morgan fingerprint density at radius 2 is 1.96 bits per heavy atom. The molecule has 0 fully saturated rings. The van der Waals surface area contributed by atoms with Crippen LogP contribution in [0.1, 0.15) is 16.8 Å². The van der Waals surface area contributed by atoms with Crippen molar-refractivity contribution in [2.24, 2.45) is 0 Å². The number of para-hydroxylation sites is 1. The largest absolute Gasteiger partial charge is 0.300 e. The third-order valence-electron chi connectivity index (χ3n) is 4.09. The number of aromatic amines is 1. The first-order valence-electron chi connectivity index (χ1n) is 8.33. The van der Waals surface area contributed by atoms with E-state index in [2.05, 4.69) is 42.3 Å².